The molecule has 0 atom stereocenters. The van der Waals surface area contributed by atoms with Gasteiger partial charge in [-0.2, -0.15) is 0 Å². The molecule has 5 nitrogen and oxygen atoms in total. The van der Waals surface area contributed by atoms with Gasteiger partial charge in [0, 0.05) is 50.1 Å². The van der Waals surface area contributed by atoms with Crippen molar-refractivity contribution in [1.29, 1.82) is 0 Å². The fourth-order valence-corrected chi connectivity index (χ4v) is 1.95. The van der Waals surface area contributed by atoms with Crippen molar-refractivity contribution in [3.05, 3.63) is 69.5 Å². The average molecular weight is 260 g/mol. The van der Waals surface area contributed by atoms with Gasteiger partial charge in [-0.25, -0.2) is 0 Å². The Hall–Kier alpha value is -2.14. The topological polar surface area (TPSA) is 64.2 Å². The molecule has 0 unspecified atom stereocenters. The van der Waals surface area contributed by atoms with Gasteiger partial charge in [-0.15, -0.1) is 0 Å². The Morgan fingerprint density at radius 3 is 1.74 bits per heavy atom. The predicted molar refractivity (Wildman–Crippen MR) is 72.0 cm³/mol. The van der Waals surface area contributed by atoms with Crippen molar-refractivity contribution < 1.29 is 5.11 Å². The second-order valence-electron chi connectivity index (χ2n) is 4.43. The minimum atomic E-state index is -0.180. The van der Waals surface area contributed by atoms with Crippen molar-refractivity contribution in [2.75, 3.05) is 6.61 Å². The van der Waals surface area contributed by atoms with E-state index < -0.39 is 0 Å². The lowest BCUT2D eigenvalue weighted by Crippen LogP contribution is -2.30. The zero-order valence-corrected chi connectivity index (χ0v) is 10.5. The Bertz CT molecular complexity index is 590. The van der Waals surface area contributed by atoms with Gasteiger partial charge in [0.25, 0.3) is 11.1 Å². The van der Waals surface area contributed by atoms with Crippen LogP contribution < -0.4 is 11.1 Å². The lowest BCUT2D eigenvalue weighted by molar-refractivity contribution is 0.192. The molecule has 0 saturated heterocycles. The first-order valence-electron chi connectivity index (χ1n) is 6.12. The van der Waals surface area contributed by atoms with E-state index in [1.165, 1.54) is 21.3 Å². The third-order valence-electron chi connectivity index (χ3n) is 2.97. The van der Waals surface area contributed by atoms with Crippen molar-refractivity contribution in [1.82, 2.24) is 9.13 Å². The van der Waals surface area contributed by atoms with E-state index in [9.17, 15) is 14.7 Å². The highest BCUT2D eigenvalue weighted by Gasteiger charge is 2.10. The Balaban J connectivity index is 2.14. The number of nitrogens with zero attached hydrogens (tertiary/aromatic N) is 2. The molecule has 0 fully saturated rings. The van der Waals surface area contributed by atoms with Gasteiger partial charge in [0.2, 0.25) is 0 Å². The van der Waals surface area contributed by atoms with Crippen LogP contribution in [0.2, 0.25) is 0 Å². The highest BCUT2D eigenvalue weighted by molar-refractivity contribution is 4.95. The van der Waals surface area contributed by atoms with Crippen LogP contribution in [0.1, 0.15) is 0 Å². The van der Waals surface area contributed by atoms with E-state index in [4.69, 9.17) is 0 Å². The molecule has 0 radical (unpaired) electrons. The van der Waals surface area contributed by atoms with E-state index in [0.29, 0.717) is 13.1 Å². The summed E-state index contributed by atoms with van der Waals surface area (Å²) in [6.45, 7) is 0.692. The molecule has 5 heteroatoms. The monoisotopic (exact) mass is 260 g/mol. The summed E-state index contributed by atoms with van der Waals surface area (Å²) in [5.41, 5.74) is -0.220. The fourth-order valence-electron chi connectivity index (χ4n) is 1.95. The van der Waals surface area contributed by atoms with E-state index in [2.05, 4.69) is 0 Å². The molecule has 0 bridgehead atoms. The molecular weight excluding hydrogens is 244 g/mol. The largest absolute Gasteiger partial charge is 0.396 e. The Kier molecular flexibility index (Phi) is 4.30. The molecule has 2 rings (SSSR count). The quantitative estimate of drug-likeness (QED) is 0.842. The van der Waals surface area contributed by atoms with Gasteiger partial charge < -0.3 is 14.2 Å². The van der Waals surface area contributed by atoms with Gasteiger partial charge in [0.05, 0.1) is 0 Å². The van der Waals surface area contributed by atoms with Crippen LogP contribution in [-0.2, 0) is 13.1 Å². The number of aromatic nitrogens is 2. The second kappa shape index (κ2) is 6.15. The molecule has 100 valence electrons. The summed E-state index contributed by atoms with van der Waals surface area (Å²) in [4.78, 5) is 23.2. The molecular formula is C14H16N2O3. The first kappa shape index (κ1) is 13.3. The molecule has 0 spiro atoms. The molecule has 2 heterocycles. The maximum atomic E-state index is 11.6. The van der Waals surface area contributed by atoms with Gasteiger partial charge in [0.1, 0.15) is 0 Å². The van der Waals surface area contributed by atoms with Gasteiger partial charge in [-0.05, 0) is 12.1 Å². The van der Waals surface area contributed by atoms with Crippen molar-refractivity contribution in [2.24, 2.45) is 5.92 Å². The third-order valence-corrected chi connectivity index (χ3v) is 2.97. The molecule has 19 heavy (non-hydrogen) atoms. The Labute approximate surface area is 110 Å². The molecule has 2 aromatic heterocycles. The van der Waals surface area contributed by atoms with E-state index in [-0.39, 0.29) is 23.6 Å². The molecule has 0 saturated carbocycles. The fraction of sp³-hybridized carbons (Fsp3) is 0.286. The minimum Gasteiger partial charge on any atom is -0.396 e. The predicted octanol–water partition coefficient (Wildman–Crippen LogP) is 0.319. The standard InChI is InChI=1S/C14H16N2O3/c17-11-12(9-15-7-3-1-5-13(15)18)10-16-8-4-2-6-14(16)19/h1-8,12,17H,9-11H2. The van der Waals surface area contributed by atoms with Gasteiger partial charge in [-0.1, -0.05) is 12.1 Å². The van der Waals surface area contributed by atoms with E-state index in [1.807, 2.05) is 0 Å². The van der Waals surface area contributed by atoms with E-state index in [1.54, 1.807) is 36.7 Å². The molecule has 0 aliphatic rings. The van der Waals surface area contributed by atoms with Crippen LogP contribution in [0.25, 0.3) is 0 Å². The number of aliphatic hydroxyl groups is 1. The van der Waals surface area contributed by atoms with Gasteiger partial charge in [0.15, 0.2) is 0 Å². The summed E-state index contributed by atoms with van der Waals surface area (Å²) in [5.74, 6) is -0.180. The highest BCUT2D eigenvalue weighted by Crippen LogP contribution is 2.02. The van der Waals surface area contributed by atoms with E-state index in [0.717, 1.165) is 0 Å². The molecule has 0 aliphatic heterocycles. The number of hydrogen-bond acceptors (Lipinski definition) is 3. The van der Waals surface area contributed by atoms with Crippen molar-refractivity contribution >= 4 is 0 Å². The lowest BCUT2D eigenvalue weighted by Gasteiger charge is -2.16. The van der Waals surface area contributed by atoms with Crippen LogP contribution in [0.5, 0.6) is 0 Å². The van der Waals surface area contributed by atoms with Gasteiger partial charge in [-0.3, -0.25) is 9.59 Å². The summed E-state index contributed by atoms with van der Waals surface area (Å²) in [6.07, 6.45) is 3.36. The number of hydrogen-bond donors (Lipinski definition) is 1. The maximum Gasteiger partial charge on any atom is 0.250 e. The van der Waals surface area contributed by atoms with Crippen LogP contribution in [0.15, 0.2) is 58.4 Å². The molecule has 0 amide bonds. The Morgan fingerprint density at radius 1 is 0.895 bits per heavy atom. The van der Waals surface area contributed by atoms with Crippen LogP contribution in [0, 0.1) is 5.92 Å². The van der Waals surface area contributed by atoms with Crippen molar-refractivity contribution in [3.8, 4) is 0 Å². The SMILES string of the molecule is O=c1ccccn1CC(CO)Cn1ccccc1=O. The zero-order valence-electron chi connectivity index (χ0n) is 10.5. The van der Waals surface area contributed by atoms with Crippen LogP contribution >= 0.6 is 0 Å². The average Bonchev–Trinajstić information content (AvgIpc) is 2.42. The number of pyridine rings is 2. The highest BCUT2D eigenvalue weighted by atomic mass is 16.3. The summed E-state index contributed by atoms with van der Waals surface area (Å²) < 4.78 is 3.07. The number of aliphatic hydroxyl groups excluding tert-OH is 1. The lowest BCUT2D eigenvalue weighted by atomic mass is 10.1. The minimum absolute atomic E-state index is 0.0807. The summed E-state index contributed by atoms with van der Waals surface area (Å²) in [5, 5.41) is 9.40. The summed E-state index contributed by atoms with van der Waals surface area (Å²) >= 11 is 0. The number of rotatable bonds is 5. The first-order chi connectivity index (χ1) is 9.20. The van der Waals surface area contributed by atoms with E-state index >= 15 is 0 Å². The Morgan fingerprint density at radius 2 is 1.37 bits per heavy atom. The third kappa shape index (κ3) is 3.42. The molecule has 0 aromatic carbocycles. The summed E-state index contributed by atoms with van der Waals surface area (Å²) in [6, 6.07) is 9.84. The van der Waals surface area contributed by atoms with Crippen LogP contribution in [-0.4, -0.2) is 20.8 Å². The first-order valence-corrected chi connectivity index (χ1v) is 6.12. The zero-order chi connectivity index (χ0) is 13.7. The second-order valence-corrected chi connectivity index (χ2v) is 4.43. The molecule has 0 aliphatic carbocycles. The molecule has 2 aromatic rings. The smallest absolute Gasteiger partial charge is 0.250 e. The van der Waals surface area contributed by atoms with Gasteiger partial charge >= 0.3 is 0 Å². The summed E-state index contributed by atoms with van der Waals surface area (Å²) in [7, 11) is 0. The van der Waals surface area contributed by atoms with Crippen LogP contribution in [0.4, 0.5) is 0 Å². The van der Waals surface area contributed by atoms with Crippen molar-refractivity contribution in [3.63, 3.8) is 0 Å². The van der Waals surface area contributed by atoms with Crippen LogP contribution in [0.3, 0.4) is 0 Å². The normalized spacial score (nSPS) is 10.8. The maximum absolute atomic E-state index is 11.6. The molecule has 1 N–H and O–H groups in total. The van der Waals surface area contributed by atoms with Crippen molar-refractivity contribution in [2.45, 2.75) is 13.1 Å².